The maximum absolute atomic E-state index is 5.93. The first-order valence-corrected chi connectivity index (χ1v) is 8.79. The first-order chi connectivity index (χ1) is 11.2. The van der Waals surface area contributed by atoms with Crippen LogP contribution in [-0.4, -0.2) is 42.8 Å². The fourth-order valence-electron chi connectivity index (χ4n) is 3.71. The van der Waals surface area contributed by atoms with Gasteiger partial charge in [0.25, 0.3) is 0 Å². The highest BCUT2D eigenvalue weighted by molar-refractivity contribution is 5.45. The van der Waals surface area contributed by atoms with Crippen molar-refractivity contribution in [3.63, 3.8) is 0 Å². The number of piperidine rings is 1. The molecule has 0 radical (unpaired) electrons. The first-order valence-electron chi connectivity index (χ1n) is 8.79. The monoisotopic (exact) mass is 319 g/mol. The summed E-state index contributed by atoms with van der Waals surface area (Å²) in [5.74, 6) is 2.65. The second-order valence-corrected chi connectivity index (χ2v) is 7.00. The Hall–Kier alpha value is -1.40. The van der Waals surface area contributed by atoms with Crippen LogP contribution in [0.4, 0.5) is 11.8 Å². The molecule has 1 aliphatic heterocycles. The summed E-state index contributed by atoms with van der Waals surface area (Å²) in [5, 5.41) is 0. The third-order valence-electron chi connectivity index (χ3n) is 5.24. The first kappa shape index (κ1) is 16.5. The van der Waals surface area contributed by atoms with E-state index in [-0.39, 0.29) is 0 Å². The van der Waals surface area contributed by atoms with E-state index in [1.165, 1.54) is 19.3 Å². The van der Waals surface area contributed by atoms with Gasteiger partial charge in [-0.1, -0.05) is 0 Å². The normalized spacial score (nSPS) is 25.4. The van der Waals surface area contributed by atoms with Gasteiger partial charge in [-0.15, -0.1) is 0 Å². The van der Waals surface area contributed by atoms with Gasteiger partial charge < -0.3 is 21.1 Å². The van der Waals surface area contributed by atoms with Gasteiger partial charge in [-0.05, 0) is 44.4 Å². The lowest BCUT2D eigenvalue weighted by Crippen LogP contribution is -2.36. The van der Waals surface area contributed by atoms with Crippen molar-refractivity contribution in [1.82, 2.24) is 9.97 Å². The molecule has 0 atom stereocenters. The number of rotatable bonds is 6. The minimum atomic E-state index is 0.322. The number of hydrogen-bond donors (Lipinski definition) is 2. The summed E-state index contributed by atoms with van der Waals surface area (Å²) in [6.07, 6.45) is 6.88. The zero-order valence-electron chi connectivity index (χ0n) is 14.1. The van der Waals surface area contributed by atoms with Crippen molar-refractivity contribution in [2.75, 3.05) is 37.4 Å². The van der Waals surface area contributed by atoms with Crippen LogP contribution in [-0.2, 0) is 4.74 Å². The van der Waals surface area contributed by atoms with Gasteiger partial charge >= 0.3 is 0 Å². The Morgan fingerprint density at radius 2 is 2.00 bits per heavy atom. The van der Waals surface area contributed by atoms with E-state index in [4.69, 9.17) is 16.2 Å². The largest absolute Gasteiger partial charge is 0.385 e. The van der Waals surface area contributed by atoms with E-state index in [1.807, 2.05) is 0 Å². The second-order valence-electron chi connectivity index (χ2n) is 7.00. The molecule has 2 heterocycles. The fraction of sp³-hybridized carbons (Fsp3) is 0.765. The van der Waals surface area contributed by atoms with Crippen molar-refractivity contribution in [2.24, 2.45) is 11.7 Å². The van der Waals surface area contributed by atoms with Crippen LogP contribution in [0.5, 0.6) is 0 Å². The smallest absolute Gasteiger partial charge is 0.222 e. The third kappa shape index (κ3) is 4.12. The molecule has 0 spiro atoms. The minimum Gasteiger partial charge on any atom is -0.385 e. The number of methoxy groups -OCH3 is 1. The molecule has 128 valence electrons. The molecule has 23 heavy (non-hydrogen) atoms. The third-order valence-corrected chi connectivity index (χ3v) is 5.24. The lowest BCUT2D eigenvalue weighted by atomic mass is 9.78. The van der Waals surface area contributed by atoms with Gasteiger partial charge in [0.05, 0.1) is 5.69 Å². The van der Waals surface area contributed by atoms with Gasteiger partial charge in [0.15, 0.2) is 0 Å². The molecule has 1 saturated heterocycles. The Morgan fingerprint density at radius 1 is 1.26 bits per heavy atom. The van der Waals surface area contributed by atoms with E-state index in [0.717, 1.165) is 56.4 Å². The molecule has 1 aromatic heterocycles. The molecule has 2 fully saturated rings. The molecular formula is C17H29N5O. The molecular weight excluding hydrogens is 290 g/mol. The van der Waals surface area contributed by atoms with E-state index in [1.54, 1.807) is 7.11 Å². The average molecular weight is 319 g/mol. The number of nitrogens with two attached hydrogens (primary N) is 2. The highest BCUT2D eigenvalue weighted by Crippen LogP contribution is 2.36. The van der Waals surface area contributed by atoms with Crippen LogP contribution in [0.15, 0.2) is 6.07 Å². The summed E-state index contributed by atoms with van der Waals surface area (Å²) in [5.41, 5.74) is 12.9. The zero-order valence-corrected chi connectivity index (χ0v) is 14.1. The van der Waals surface area contributed by atoms with Crippen LogP contribution < -0.4 is 16.4 Å². The Balaban J connectivity index is 1.57. The lowest BCUT2D eigenvalue weighted by Gasteiger charge is -2.35. The highest BCUT2D eigenvalue weighted by atomic mass is 16.5. The van der Waals surface area contributed by atoms with Crippen LogP contribution in [0.3, 0.4) is 0 Å². The van der Waals surface area contributed by atoms with Crippen LogP contribution in [0.25, 0.3) is 0 Å². The molecule has 0 aromatic carbocycles. The number of nitrogens with zero attached hydrogens (tertiary/aromatic N) is 3. The summed E-state index contributed by atoms with van der Waals surface area (Å²) >= 11 is 0. The fourth-order valence-corrected chi connectivity index (χ4v) is 3.71. The van der Waals surface area contributed by atoms with Gasteiger partial charge in [0.1, 0.15) is 5.82 Å². The molecule has 2 aliphatic rings. The molecule has 6 heteroatoms. The summed E-state index contributed by atoms with van der Waals surface area (Å²) in [6, 6.07) is 2.44. The molecule has 4 N–H and O–H groups in total. The second kappa shape index (κ2) is 7.45. The topological polar surface area (TPSA) is 90.3 Å². The molecule has 0 amide bonds. The minimum absolute atomic E-state index is 0.322. The van der Waals surface area contributed by atoms with Gasteiger partial charge in [0, 0.05) is 44.8 Å². The number of aromatic nitrogens is 2. The van der Waals surface area contributed by atoms with E-state index in [0.29, 0.717) is 17.9 Å². The van der Waals surface area contributed by atoms with E-state index < -0.39 is 0 Å². The maximum Gasteiger partial charge on any atom is 0.222 e. The maximum atomic E-state index is 5.93. The highest BCUT2D eigenvalue weighted by Gasteiger charge is 2.30. The number of hydrogen-bond acceptors (Lipinski definition) is 6. The van der Waals surface area contributed by atoms with Crippen molar-refractivity contribution in [3.8, 4) is 0 Å². The van der Waals surface area contributed by atoms with Crippen molar-refractivity contribution in [3.05, 3.63) is 11.8 Å². The SMILES string of the molecule is COCCCC1CCN(c2cc(C3CC(N)C3)nc(N)n2)CC1. The lowest BCUT2D eigenvalue weighted by molar-refractivity contribution is 0.183. The van der Waals surface area contributed by atoms with E-state index in [2.05, 4.69) is 20.9 Å². The van der Waals surface area contributed by atoms with Crippen LogP contribution in [0.1, 0.15) is 50.1 Å². The molecule has 0 unspecified atom stereocenters. The van der Waals surface area contributed by atoms with Crippen LogP contribution >= 0.6 is 0 Å². The van der Waals surface area contributed by atoms with E-state index in [9.17, 15) is 0 Å². The van der Waals surface area contributed by atoms with Gasteiger partial charge in [-0.25, -0.2) is 4.98 Å². The van der Waals surface area contributed by atoms with Crippen LogP contribution in [0.2, 0.25) is 0 Å². The number of anilines is 2. The van der Waals surface area contributed by atoms with Gasteiger partial charge in [0.2, 0.25) is 5.95 Å². The summed E-state index contributed by atoms with van der Waals surface area (Å²) in [7, 11) is 1.77. The van der Waals surface area contributed by atoms with Gasteiger partial charge in [-0.3, -0.25) is 0 Å². The zero-order chi connectivity index (χ0) is 16.2. The Labute approximate surface area is 138 Å². The Morgan fingerprint density at radius 3 is 2.65 bits per heavy atom. The molecule has 1 aromatic rings. The average Bonchev–Trinajstić information content (AvgIpc) is 2.52. The molecule has 1 aliphatic carbocycles. The van der Waals surface area contributed by atoms with Crippen molar-refractivity contribution < 1.29 is 4.74 Å². The molecule has 6 nitrogen and oxygen atoms in total. The molecule has 0 bridgehead atoms. The predicted octanol–water partition coefficient (Wildman–Crippen LogP) is 1.91. The Kier molecular flexibility index (Phi) is 5.33. The summed E-state index contributed by atoms with van der Waals surface area (Å²) < 4.78 is 5.15. The summed E-state index contributed by atoms with van der Waals surface area (Å²) in [4.78, 5) is 11.2. The van der Waals surface area contributed by atoms with E-state index >= 15 is 0 Å². The standard InChI is InChI=1S/C17H29N5O/c1-23-8-2-3-12-4-6-22(7-5-12)16-11-15(20-17(19)21-16)13-9-14(18)10-13/h11-14H,2-10,18H2,1H3,(H2,19,20,21). The summed E-state index contributed by atoms with van der Waals surface area (Å²) in [6.45, 7) is 2.98. The van der Waals surface area contributed by atoms with Crippen LogP contribution in [0, 0.1) is 5.92 Å². The van der Waals surface area contributed by atoms with Crippen molar-refractivity contribution in [2.45, 2.75) is 50.5 Å². The molecule has 1 saturated carbocycles. The van der Waals surface area contributed by atoms with Gasteiger partial charge in [-0.2, -0.15) is 4.98 Å². The van der Waals surface area contributed by atoms with Crippen molar-refractivity contribution in [1.29, 1.82) is 0 Å². The quantitative estimate of drug-likeness (QED) is 0.778. The predicted molar refractivity (Wildman–Crippen MR) is 92.4 cm³/mol. The Bertz CT molecular complexity index is 510. The number of nitrogen functional groups attached to an aromatic ring is 1. The van der Waals surface area contributed by atoms with Crippen molar-refractivity contribution >= 4 is 11.8 Å². The number of ether oxygens (including phenoxy) is 1. The molecule has 3 rings (SSSR count).